The average molecular weight is 265 g/mol. The van der Waals surface area contributed by atoms with E-state index in [1.807, 2.05) is 18.2 Å². The number of hydrogen-bond donors (Lipinski definition) is 1. The van der Waals surface area contributed by atoms with Crippen LogP contribution in [0.15, 0.2) is 24.3 Å². The van der Waals surface area contributed by atoms with Crippen LogP contribution < -0.4 is 0 Å². The van der Waals surface area contributed by atoms with E-state index in [0.717, 1.165) is 16.7 Å². The van der Waals surface area contributed by atoms with E-state index in [1.165, 1.54) is 37.7 Å². The monoisotopic (exact) mass is 264 g/mol. The Morgan fingerprint density at radius 2 is 2.00 bits per heavy atom. The lowest BCUT2D eigenvalue weighted by Crippen LogP contribution is -2.05. The molecule has 1 aliphatic rings. The van der Waals surface area contributed by atoms with Crippen molar-refractivity contribution in [1.82, 2.24) is 0 Å². The molecule has 3 heteroatoms. The van der Waals surface area contributed by atoms with Gasteiger partial charge in [-0.15, -0.1) is 0 Å². The highest BCUT2D eigenvalue weighted by atomic mass is 35.5. The van der Waals surface area contributed by atoms with Gasteiger partial charge in [0.1, 0.15) is 0 Å². The van der Waals surface area contributed by atoms with Gasteiger partial charge >= 0.3 is 5.97 Å². The molecule has 0 aliphatic heterocycles. The third kappa shape index (κ3) is 3.36. The van der Waals surface area contributed by atoms with E-state index in [4.69, 9.17) is 16.7 Å². The smallest absolute Gasteiger partial charge is 0.328 e. The molecular weight excluding hydrogens is 248 g/mol. The average Bonchev–Trinajstić information content (AvgIpc) is 2.37. The number of rotatable bonds is 3. The summed E-state index contributed by atoms with van der Waals surface area (Å²) >= 11 is 6.30. The molecule has 1 aliphatic carbocycles. The maximum atomic E-state index is 10.5. The van der Waals surface area contributed by atoms with E-state index in [0.29, 0.717) is 5.92 Å². The highest BCUT2D eigenvalue weighted by molar-refractivity contribution is 6.31. The molecule has 0 aromatic heterocycles. The molecule has 1 fully saturated rings. The summed E-state index contributed by atoms with van der Waals surface area (Å²) in [6.07, 6.45) is 9.01. The predicted molar refractivity (Wildman–Crippen MR) is 73.9 cm³/mol. The van der Waals surface area contributed by atoms with E-state index < -0.39 is 5.97 Å². The molecule has 0 amide bonds. The van der Waals surface area contributed by atoms with E-state index in [2.05, 4.69) is 0 Å². The fraction of sp³-hybridized carbons (Fsp3) is 0.400. The zero-order chi connectivity index (χ0) is 13.0. The van der Waals surface area contributed by atoms with Crippen LogP contribution in [0.1, 0.15) is 49.1 Å². The summed E-state index contributed by atoms with van der Waals surface area (Å²) in [5, 5.41) is 9.34. The second-order valence-electron chi connectivity index (χ2n) is 4.79. The maximum Gasteiger partial charge on any atom is 0.328 e. The minimum Gasteiger partial charge on any atom is -0.478 e. The van der Waals surface area contributed by atoms with Crippen molar-refractivity contribution in [1.29, 1.82) is 0 Å². The molecule has 2 rings (SSSR count). The molecule has 96 valence electrons. The largest absolute Gasteiger partial charge is 0.478 e. The van der Waals surface area contributed by atoms with Crippen LogP contribution in [0.2, 0.25) is 5.02 Å². The van der Waals surface area contributed by atoms with Crippen molar-refractivity contribution < 1.29 is 9.90 Å². The van der Waals surface area contributed by atoms with Crippen molar-refractivity contribution in [2.45, 2.75) is 38.0 Å². The van der Waals surface area contributed by atoms with Crippen LogP contribution >= 0.6 is 11.6 Å². The zero-order valence-electron chi connectivity index (χ0n) is 10.2. The van der Waals surface area contributed by atoms with E-state index in [9.17, 15) is 4.79 Å². The van der Waals surface area contributed by atoms with Gasteiger partial charge in [0, 0.05) is 11.1 Å². The lowest BCUT2D eigenvalue weighted by molar-refractivity contribution is -0.131. The van der Waals surface area contributed by atoms with Crippen molar-refractivity contribution in [3.05, 3.63) is 40.4 Å². The standard InChI is InChI=1S/C15H17ClO2/c16-14-10-11(7-9-15(17)18)6-8-13(14)12-4-2-1-3-5-12/h6-10,12H,1-5H2,(H,17,18). The quantitative estimate of drug-likeness (QED) is 0.817. The first kappa shape index (κ1) is 13.2. The van der Waals surface area contributed by atoms with E-state index in [-0.39, 0.29) is 0 Å². The van der Waals surface area contributed by atoms with Gasteiger partial charge < -0.3 is 5.11 Å². The second kappa shape index (κ2) is 6.05. The number of carbonyl (C=O) groups is 1. The van der Waals surface area contributed by atoms with Gasteiger partial charge in [0.25, 0.3) is 0 Å². The number of benzene rings is 1. The van der Waals surface area contributed by atoms with Crippen LogP contribution in [0.3, 0.4) is 0 Å². The lowest BCUT2D eigenvalue weighted by Gasteiger charge is -2.23. The van der Waals surface area contributed by atoms with Crippen LogP contribution in [0.25, 0.3) is 6.08 Å². The second-order valence-corrected chi connectivity index (χ2v) is 5.19. The number of halogens is 1. The first-order chi connectivity index (χ1) is 8.66. The van der Waals surface area contributed by atoms with Crippen LogP contribution in [0, 0.1) is 0 Å². The Morgan fingerprint density at radius 3 is 2.61 bits per heavy atom. The zero-order valence-corrected chi connectivity index (χ0v) is 11.0. The van der Waals surface area contributed by atoms with Crippen molar-refractivity contribution >= 4 is 23.6 Å². The third-order valence-electron chi connectivity index (χ3n) is 3.49. The van der Waals surface area contributed by atoms with Gasteiger partial charge in [0.2, 0.25) is 0 Å². The predicted octanol–water partition coefficient (Wildman–Crippen LogP) is 4.49. The van der Waals surface area contributed by atoms with Gasteiger partial charge in [-0.05, 0) is 42.0 Å². The van der Waals surface area contributed by atoms with Crippen LogP contribution in [-0.2, 0) is 4.79 Å². The lowest BCUT2D eigenvalue weighted by atomic mass is 9.84. The van der Waals surface area contributed by atoms with Crippen LogP contribution in [-0.4, -0.2) is 11.1 Å². The molecule has 0 radical (unpaired) electrons. The van der Waals surface area contributed by atoms with Crippen molar-refractivity contribution in [2.75, 3.05) is 0 Å². The molecule has 0 unspecified atom stereocenters. The summed E-state index contributed by atoms with van der Waals surface area (Å²) in [6.45, 7) is 0. The molecule has 0 spiro atoms. The summed E-state index contributed by atoms with van der Waals surface area (Å²) in [7, 11) is 0. The fourth-order valence-electron chi connectivity index (χ4n) is 2.56. The van der Waals surface area contributed by atoms with Gasteiger partial charge in [0.15, 0.2) is 0 Å². The van der Waals surface area contributed by atoms with Crippen molar-refractivity contribution in [2.24, 2.45) is 0 Å². The Labute approximate surface area is 112 Å². The van der Waals surface area contributed by atoms with Crippen LogP contribution in [0.5, 0.6) is 0 Å². The summed E-state index contributed by atoms with van der Waals surface area (Å²) in [5.74, 6) is -0.369. The summed E-state index contributed by atoms with van der Waals surface area (Å²) in [6, 6.07) is 5.83. The Morgan fingerprint density at radius 1 is 1.28 bits per heavy atom. The normalized spacial score (nSPS) is 17.2. The Balaban J connectivity index is 2.16. The molecule has 1 saturated carbocycles. The topological polar surface area (TPSA) is 37.3 Å². The van der Waals surface area contributed by atoms with Crippen molar-refractivity contribution in [3.63, 3.8) is 0 Å². The Bertz CT molecular complexity index is 460. The number of carboxylic acids is 1. The molecule has 1 aromatic carbocycles. The number of aliphatic carboxylic acids is 1. The first-order valence-corrected chi connectivity index (χ1v) is 6.75. The summed E-state index contributed by atoms with van der Waals surface area (Å²) < 4.78 is 0. The summed E-state index contributed by atoms with van der Waals surface area (Å²) in [4.78, 5) is 10.5. The molecular formula is C15H17ClO2. The highest BCUT2D eigenvalue weighted by Crippen LogP contribution is 2.36. The van der Waals surface area contributed by atoms with E-state index >= 15 is 0 Å². The van der Waals surface area contributed by atoms with Gasteiger partial charge in [-0.1, -0.05) is 43.0 Å². The van der Waals surface area contributed by atoms with Crippen LogP contribution in [0.4, 0.5) is 0 Å². The molecule has 0 atom stereocenters. The first-order valence-electron chi connectivity index (χ1n) is 6.37. The molecule has 2 nitrogen and oxygen atoms in total. The Kier molecular flexibility index (Phi) is 4.43. The minimum atomic E-state index is -0.942. The third-order valence-corrected chi connectivity index (χ3v) is 3.82. The van der Waals surface area contributed by atoms with Gasteiger partial charge in [-0.25, -0.2) is 4.79 Å². The molecule has 0 bridgehead atoms. The van der Waals surface area contributed by atoms with Gasteiger partial charge in [0.05, 0.1) is 0 Å². The number of carboxylic acid groups (broad SMARTS) is 1. The molecule has 1 aromatic rings. The minimum absolute atomic E-state index is 0.573. The van der Waals surface area contributed by atoms with Crippen molar-refractivity contribution in [3.8, 4) is 0 Å². The fourth-order valence-corrected chi connectivity index (χ4v) is 2.90. The SMILES string of the molecule is O=C(O)C=Cc1ccc(C2CCCCC2)c(Cl)c1. The Hall–Kier alpha value is -1.28. The summed E-state index contributed by atoms with van der Waals surface area (Å²) in [5.41, 5.74) is 2.05. The van der Waals surface area contributed by atoms with Gasteiger partial charge in [-0.2, -0.15) is 0 Å². The number of hydrogen-bond acceptors (Lipinski definition) is 1. The molecule has 1 N–H and O–H groups in total. The molecule has 0 saturated heterocycles. The maximum absolute atomic E-state index is 10.5. The molecule has 18 heavy (non-hydrogen) atoms. The van der Waals surface area contributed by atoms with E-state index in [1.54, 1.807) is 6.08 Å². The van der Waals surface area contributed by atoms with Gasteiger partial charge in [-0.3, -0.25) is 0 Å². The highest BCUT2D eigenvalue weighted by Gasteiger charge is 2.17. The molecule has 0 heterocycles.